The Bertz CT molecular complexity index is 526. The standard InChI is InChI=1S/C14H20N4/c1-2-15-11-12-14(17-8-5-6-9-17)16-13-7-3-4-10-18(12)13/h3-4,7,10,15H,2,5-6,8-9,11H2,1H3. The highest BCUT2D eigenvalue weighted by molar-refractivity contribution is 5.56. The van der Waals surface area contributed by atoms with Crippen LogP contribution in [-0.2, 0) is 6.54 Å². The van der Waals surface area contributed by atoms with E-state index < -0.39 is 0 Å². The van der Waals surface area contributed by atoms with E-state index in [9.17, 15) is 0 Å². The topological polar surface area (TPSA) is 32.6 Å². The molecule has 2 aromatic heterocycles. The summed E-state index contributed by atoms with van der Waals surface area (Å²) in [7, 11) is 0. The fraction of sp³-hybridized carbons (Fsp3) is 0.500. The van der Waals surface area contributed by atoms with E-state index in [1.807, 2.05) is 6.07 Å². The second-order valence-electron chi connectivity index (χ2n) is 4.79. The Morgan fingerprint density at radius 1 is 1.28 bits per heavy atom. The minimum absolute atomic E-state index is 0.882. The van der Waals surface area contributed by atoms with Crippen LogP contribution < -0.4 is 10.2 Å². The van der Waals surface area contributed by atoms with Gasteiger partial charge in [-0.05, 0) is 31.5 Å². The number of fused-ring (bicyclic) bond motifs is 1. The van der Waals surface area contributed by atoms with E-state index in [0.29, 0.717) is 0 Å². The van der Waals surface area contributed by atoms with Gasteiger partial charge in [0.25, 0.3) is 0 Å². The van der Waals surface area contributed by atoms with Crippen LogP contribution in [0.2, 0.25) is 0 Å². The maximum atomic E-state index is 4.80. The van der Waals surface area contributed by atoms with Crippen molar-refractivity contribution < 1.29 is 0 Å². The van der Waals surface area contributed by atoms with Crippen LogP contribution in [0.4, 0.5) is 5.82 Å². The number of anilines is 1. The summed E-state index contributed by atoms with van der Waals surface area (Å²) >= 11 is 0. The predicted octanol–water partition coefficient (Wildman–Crippen LogP) is 2.04. The fourth-order valence-corrected chi connectivity index (χ4v) is 2.62. The van der Waals surface area contributed by atoms with Gasteiger partial charge in [0.05, 0.1) is 5.69 Å². The molecule has 1 aliphatic heterocycles. The third kappa shape index (κ3) is 1.97. The van der Waals surface area contributed by atoms with Gasteiger partial charge in [0, 0.05) is 25.8 Å². The highest BCUT2D eigenvalue weighted by Gasteiger charge is 2.20. The Balaban J connectivity index is 2.04. The summed E-state index contributed by atoms with van der Waals surface area (Å²) in [5, 5.41) is 3.42. The minimum Gasteiger partial charge on any atom is -0.355 e. The first-order valence-corrected chi connectivity index (χ1v) is 6.82. The average molecular weight is 244 g/mol. The molecule has 0 radical (unpaired) electrons. The largest absolute Gasteiger partial charge is 0.355 e. The van der Waals surface area contributed by atoms with Gasteiger partial charge in [-0.1, -0.05) is 13.0 Å². The van der Waals surface area contributed by atoms with Crippen molar-refractivity contribution in [2.45, 2.75) is 26.3 Å². The molecular formula is C14H20N4. The van der Waals surface area contributed by atoms with E-state index >= 15 is 0 Å². The van der Waals surface area contributed by atoms with Crippen LogP contribution in [0.5, 0.6) is 0 Å². The van der Waals surface area contributed by atoms with E-state index in [-0.39, 0.29) is 0 Å². The van der Waals surface area contributed by atoms with Crippen LogP contribution in [0.1, 0.15) is 25.5 Å². The third-order valence-corrected chi connectivity index (χ3v) is 3.56. The number of imidazole rings is 1. The summed E-state index contributed by atoms with van der Waals surface area (Å²) in [6, 6.07) is 6.19. The molecule has 4 nitrogen and oxygen atoms in total. The molecule has 3 heterocycles. The van der Waals surface area contributed by atoms with Gasteiger partial charge < -0.3 is 14.6 Å². The molecule has 0 amide bonds. The SMILES string of the molecule is CCNCc1c(N2CCCC2)nc2ccccn12. The van der Waals surface area contributed by atoms with Crippen LogP contribution >= 0.6 is 0 Å². The van der Waals surface area contributed by atoms with Crippen molar-refractivity contribution in [1.82, 2.24) is 14.7 Å². The lowest BCUT2D eigenvalue weighted by Crippen LogP contribution is -2.22. The highest BCUT2D eigenvalue weighted by Crippen LogP contribution is 2.25. The smallest absolute Gasteiger partial charge is 0.152 e. The number of hydrogen-bond donors (Lipinski definition) is 1. The maximum Gasteiger partial charge on any atom is 0.152 e. The van der Waals surface area contributed by atoms with Gasteiger partial charge in [-0.2, -0.15) is 0 Å². The molecule has 0 aromatic carbocycles. The van der Waals surface area contributed by atoms with Crippen molar-refractivity contribution in [3.8, 4) is 0 Å². The molecule has 18 heavy (non-hydrogen) atoms. The normalized spacial score (nSPS) is 15.7. The summed E-state index contributed by atoms with van der Waals surface area (Å²) in [6.07, 6.45) is 4.68. The number of nitrogens with zero attached hydrogens (tertiary/aromatic N) is 3. The molecule has 0 unspecified atom stereocenters. The summed E-state index contributed by atoms with van der Waals surface area (Å²) in [5.41, 5.74) is 2.33. The van der Waals surface area contributed by atoms with E-state index in [1.54, 1.807) is 0 Å². The number of aromatic nitrogens is 2. The molecule has 96 valence electrons. The summed E-state index contributed by atoms with van der Waals surface area (Å²) in [4.78, 5) is 7.21. The first kappa shape index (κ1) is 11.5. The van der Waals surface area contributed by atoms with Crippen LogP contribution in [0.3, 0.4) is 0 Å². The summed E-state index contributed by atoms with van der Waals surface area (Å²) < 4.78 is 2.20. The zero-order valence-electron chi connectivity index (χ0n) is 10.9. The van der Waals surface area contributed by atoms with Crippen molar-refractivity contribution in [3.63, 3.8) is 0 Å². The molecular weight excluding hydrogens is 224 g/mol. The fourth-order valence-electron chi connectivity index (χ4n) is 2.62. The van der Waals surface area contributed by atoms with Gasteiger partial charge in [-0.15, -0.1) is 0 Å². The van der Waals surface area contributed by atoms with Crippen molar-refractivity contribution in [3.05, 3.63) is 30.1 Å². The van der Waals surface area contributed by atoms with Gasteiger partial charge in [0.2, 0.25) is 0 Å². The van der Waals surface area contributed by atoms with Crippen molar-refractivity contribution in [2.24, 2.45) is 0 Å². The molecule has 4 heteroatoms. The molecule has 1 aliphatic rings. The number of rotatable bonds is 4. The number of pyridine rings is 1. The summed E-state index contributed by atoms with van der Waals surface area (Å²) in [6.45, 7) is 6.29. The molecule has 0 saturated carbocycles. The first-order valence-electron chi connectivity index (χ1n) is 6.82. The Labute approximate surface area is 108 Å². The number of nitrogens with one attached hydrogen (secondary N) is 1. The second-order valence-corrected chi connectivity index (χ2v) is 4.79. The first-order chi connectivity index (χ1) is 8.90. The van der Waals surface area contributed by atoms with Gasteiger partial charge in [-0.25, -0.2) is 4.98 Å². The van der Waals surface area contributed by atoms with Crippen molar-refractivity contribution in [1.29, 1.82) is 0 Å². The Morgan fingerprint density at radius 2 is 2.11 bits per heavy atom. The van der Waals surface area contributed by atoms with Crippen molar-refractivity contribution >= 4 is 11.5 Å². The summed E-state index contributed by atoms with van der Waals surface area (Å²) in [5.74, 6) is 1.17. The second kappa shape index (κ2) is 4.98. The Kier molecular flexibility index (Phi) is 3.19. The molecule has 1 fully saturated rings. The lowest BCUT2D eigenvalue weighted by Gasteiger charge is -2.16. The van der Waals surface area contributed by atoms with Gasteiger partial charge >= 0.3 is 0 Å². The molecule has 1 saturated heterocycles. The van der Waals surface area contributed by atoms with Crippen LogP contribution in [-0.4, -0.2) is 29.0 Å². The quantitative estimate of drug-likeness (QED) is 0.893. The van der Waals surface area contributed by atoms with Gasteiger partial charge in [0.1, 0.15) is 5.65 Å². The average Bonchev–Trinajstić information content (AvgIpc) is 3.03. The maximum absolute atomic E-state index is 4.80. The molecule has 1 N–H and O–H groups in total. The molecule has 2 aromatic rings. The third-order valence-electron chi connectivity index (χ3n) is 3.56. The van der Waals surface area contributed by atoms with Crippen molar-refractivity contribution in [2.75, 3.05) is 24.5 Å². The van der Waals surface area contributed by atoms with Crippen LogP contribution in [0.15, 0.2) is 24.4 Å². The Morgan fingerprint density at radius 3 is 2.89 bits per heavy atom. The van der Waals surface area contributed by atoms with Crippen LogP contribution in [0.25, 0.3) is 5.65 Å². The molecule has 3 rings (SSSR count). The van der Waals surface area contributed by atoms with Gasteiger partial charge in [0.15, 0.2) is 5.82 Å². The zero-order chi connectivity index (χ0) is 12.4. The minimum atomic E-state index is 0.882. The van der Waals surface area contributed by atoms with Gasteiger partial charge in [-0.3, -0.25) is 0 Å². The van der Waals surface area contributed by atoms with E-state index in [1.165, 1.54) is 24.4 Å². The zero-order valence-corrected chi connectivity index (χ0v) is 10.9. The lowest BCUT2D eigenvalue weighted by molar-refractivity contribution is 0.702. The van der Waals surface area contributed by atoms with Crippen LogP contribution in [0, 0.1) is 0 Å². The predicted molar refractivity (Wildman–Crippen MR) is 74.0 cm³/mol. The monoisotopic (exact) mass is 244 g/mol. The molecule has 0 atom stereocenters. The Hall–Kier alpha value is -1.55. The van der Waals surface area contributed by atoms with E-state index in [0.717, 1.165) is 31.8 Å². The van der Waals surface area contributed by atoms with E-state index in [4.69, 9.17) is 4.98 Å². The molecule has 0 aliphatic carbocycles. The lowest BCUT2D eigenvalue weighted by atomic mass is 10.3. The molecule has 0 spiro atoms. The van der Waals surface area contributed by atoms with E-state index in [2.05, 4.69) is 39.9 Å². The molecule has 0 bridgehead atoms. The highest BCUT2D eigenvalue weighted by atomic mass is 15.2. The number of hydrogen-bond acceptors (Lipinski definition) is 3.